The van der Waals surface area contributed by atoms with Crippen molar-refractivity contribution in [2.24, 2.45) is 5.73 Å². The summed E-state index contributed by atoms with van der Waals surface area (Å²) in [6.07, 6.45) is -0.297. The fourth-order valence-corrected chi connectivity index (χ4v) is 4.29. The predicted octanol–water partition coefficient (Wildman–Crippen LogP) is 3.01. The summed E-state index contributed by atoms with van der Waals surface area (Å²) in [6.45, 7) is 1.53. The lowest BCUT2D eigenvalue weighted by Crippen LogP contribution is -2.22. The fourth-order valence-electron chi connectivity index (χ4n) is 4.29. The van der Waals surface area contributed by atoms with Crippen LogP contribution in [0.3, 0.4) is 0 Å². The van der Waals surface area contributed by atoms with E-state index in [1.165, 1.54) is 40.4 Å². The van der Waals surface area contributed by atoms with Gasteiger partial charge in [0, 0.05) is 49.4 Å². The van der Waals surface area contributed by atoms with E-state index in [0.717, 1.165) is 0 Å². The number of ether oxygens (including phenoxy) is 3. The molecule has 0 saturated heterocycles. The molecular formula is C27H31N3O8. The van der Waals surface area contributed by atoms with Crippen LogP contribution in [0.25, 0.3) is 0 Å². The molecule has 3 aromatic rings. The number of nitrogens with one attached hydrogen (secondary N) is 1. The lowest BCUT2D eigenvalue weighted by atomic mass is 9.87. The van der Waals surface area contributed by atoms with Gasteiger partial charge in [-0.15, -0.1) is 0 Å². The standard InChI is InChI=1S/C27H31N3O8/c1-14-11-20(31)23(27(34)38-14)17(16-8-10-21(35-4)25(37-6)24(16)36-5)13-22(32)29-15-7-9-19(30(2)3)18(12-15)26(28)33/h7-12,17,31H,13H2,1-6H3,(H2,28,33)(H,29,32)/t17-/m0/s1. The number of benzene rings is 2. The van der Waals surface area contributed by atoms with Gasteiger partial charge >= 0.3 is 5.63 Å². The lowest BCUT2D eigenvalue weighted by molar-refractivity contribution is -0.116. The first kappa shape index (κ1) is 27.9. The summed E-state index contributed by atoms with van der Waals surface area (Å²) in [4.78, 5) is 39.9. The Kier molecular flexibility index (Phi) is 8.51. The number of methoxy groups -OCH3 is 3. The number of nitrogens with two attached hydrogens (primary N) is 1. The van der Waals surface area contributed by atoms with Crippen LogP contribution in [-0.2, 0) is 4.79 Å². The Morgan fingerprint density at radius 1 is 1.05 bits per heavy atom. The van der Waals surface area contributed by atoms with Crippen molar-refractivity contribution in [3.63, 3.8) is 0 Å². The third-order valence-electron chi connectivity index (χ3n) is 5.97. The molecule has 11 heteroatoms. The predicted molar refractivity (Wildman–Crippen MR) is 142 cm³/mol. The van der Waals surface area contributed by atoms with E-state index in [1.54, 1.807) is 43.3 Å². The van der Waals surface area contributed by atoms with Gasteiger partial charge in [0.2, 0.25) is 11.7 Å². The van der Waals surface area contributed by atoms with Crippen LogP contribution < -0.4 is 35.8 Å². The maximum atomic E-state index is 13.3. The highest BCUT2D eigenvalue weighted by molar-refractivity contribution is 6.01. The van der Waals surface area contributed by atoms with Crippen molar-refractivity contribution in [3.8, 4) is 23.0 Å². The smallest absolute Gasteiger partial charge is 0.343 e. The maximum Gasteiger partial charge on any atom is 0.343 e. The van der Waals surface area contributed by atoms with Crippen molar-refractivity contribution in [1.29, 1.82) is 0 Å². The number of aryl methyl sites for hydroxylation is 1. The minimum atomic E-state index is -1.00. The molecule has 1 atom stereocenters. The van der Waals surface area contributed by atoms with Crippen LogP contribution in [0.1, 0.15) is 39.6 Å². The molecule has 38 heavy (non-hydrogen) atoms. The van der Waals surface area contributed by atoms with Crippen molar-refractivity contribution >= 4 is 23.2 Å². The van der Waals surface area contributed by atoms with E-state index >= 15 is 0 Å². The molecule has 0 aliphatic rings. The van der Waals surface area contributed by atoms with E-state index in [9.17, 15) is 19.5 Å². The molecule has 0 fully saturated rings. The number of hydrogen-bond acceptors (Lipinski definition) is 9. The second-order valence-corrected chi connectivity index (χ2v) is 8.66. The van der Waals surface area contributed by atoms with Crippen molar-refractivity contribution in [3.05, 3.63) is 69.3 Å². The molecule has 0 bridgehead atoms. The van der Waals surface area contributed by atoms with Gasteiger partial charge in [0.15, 0.2) is 11.5 Å². The maximum absolute atomic E-state index is 13.3. The summed E-state index contributed by atoms with van der Waals surface area (Å²) in [5.74, 6) is -1.46. The van der Waals surface area contributed by atoms with Gasteiger partial charge in [0.1, 0.15) is 11.5 Å². The topological polar surface area (TPSA) is 154 Å². The first-order chi connectivity index (χ1) is 18.0. The van der Waals surface area contributed by atoms with Gasteiger partial charge in [-0.1, -0.05) is 6.07 Å². The van der Waals surface area contributed by atoms with Gasteiger partial charge in [-0.2, -0.15) is 0 Å². The number of anilines is 2. The summed E-state index contributed by atoms with van der Waals surface area (Å²) < 4.78 is 21.6. The van der Waals surface area contributed by atoms with E-state index in [1.807, 2.05) is 0 Å². The number of nitrogens with zero attached hydrogens (tertiary/aromatic N) is 1. The van der Waals surface area contributed by atoms with Crippen molar-refractivity contribution in [2.45, 2.75) is 19.3 Å². The molecule has 2 aromatic carbocycles. The third-order valence-corrected chi connectivity index (χ3v) is 5.97. The van der Waals surface area contributed by atoms with Crippen LogP contribution in [0.2, 0.25) is 0 Å². The number of hydrogen-bond donors (Lipinski definition) is 3. The molecule has 2 amide bonds. The van der Waals surface area contributed by atoms with Gasteiger partial charge in [-0.3, -0.25) is 9.59 Å². The molecule has 0 aliphatic heterocycles. The van der Waals surface area contributed by atoms with Gasteiger partial charge in [0.05, 0.1) is 32.5 Å². The average molecular weight is 526 g/mol. The quantitative estimate of drug-likeness (QED) is 0.362. The second-order valence-electron chi connectivity index (χ2n) is 8.66. The van der Waals surface area contributed by atoms with E-state index in [4.69, 9.17) is 24.4 Å². The van der Waals surface area contributed by atoms with Crippen LogP contribution in [0, 0.1) is 6.92 Å². The molecule has 1 heterocycles. The SMILES string of the molecule is COc1ccc([C@H](CC(=O)Nc2ccc(N(C)C)c(C(N)=O)c2)c2c(O)cc(C)oc2=O)c(OC)c1OC. The van der Waals surface area contributed by atoms with Crippen LogP contribution in [-0.4, -0.2) is 52.3 Å². The molecular weight excluding hydrogens is 494 g/mol. The third kappa shape index (κ3) is 5.66. The number of rotatable bonds is 10. The van der Waals surface area contributed by atoms with Gasteiger partial charge < -0.3 is 39.7 Å². The second kappa shape index (κ2) is 11.6. The van der Waals surface area contributed by atoms with Crippen LogP contribution in [0.5, 0.6) is 23.0 Å². The Hall–Kier alpha value is -4.67. The monoisotopic (exact) mass is 525 g/mol. The zero-order valence-corrected chi connectivity index (χ0v) is 22.1. The minimum absolute atomic E-state index is 0.128. The van der Waals surface area contributed by atoms with Gasteiger partial charge in [0.25, 0.3) is 5.91 Å². The first-order valence-corrected chi connectivity index (χ1v) is 11.6. The zero-order valence-electron chi connectivity index (χ0n) is 22.1. The first-order valence-electron chi connectivity index (χ1n) is 11.6. The molecule has 0 unspecified atom stereocenters. The molecule has 11 nitrogen and oxygen atoms in total. The summed E-state index contributed by atoms with van der Waals surface area (Å²) in [6, 6.07) is 9.28. The molecule has 4 N–H and O–H groups in total. The van der Waals surface area contributed by atoms with Gasteiger partial charge in [-0.05, 0) is 31.2 Å². The Bertz CT molecular complexity index is 1410. The molecule has 0 saturated carbocycles. The van der Waals surface area contributed by atoms with Crippen LogP contribution in [0.15, 0.2) is 45.6 Å². The molecule has 0 radical (unpaired) electrons. The van der Waals surface area contributed by atoms with E-state index in [2.05, 4.69) is 5.32 Å². The number of carbonyl (C=O) groups is 2. The normalized spacial score (nSPS) is 11.4. The summed E-state index contributed by atoms with van der Waals surface area (Å²) in [5, 5.41) is 13.5. The number of amides is 2. The van der Waals surface area contributed by atoms with Crippen molar-refractivity contribution in [2.75, 3.05) is 45.6 Å². The lowest BCUT2D eigenvalue weighted by Gasteiger charge is -2.23. The Labute approximate surface area is 219 Å². The Morgan fingerprint density at radius 3 is 2.29 bits per heavy atom. The van der Waals surface area contributed by atoms with Crippen LogP contribution in [0.4, 0.5) is 11.4 Å². The highest BCUT2D eigenvalue weighted by Crippen LogP contribution is 2.46. The average Bonchev–Trinajstić information content (AvgIpc) is 2.86. The molecule has 0 spiro atoms. The fraction of sp³-hybridized carbons (Fsp3) is 0.296. The molecule has 202 valence electrons. The highest BCUT2D eigenvalue weighted by Gasteiger charge is 2.31. The summed E-state index contributed by atoms with van der Waals surface area (Å²) in [7, 11) is 7.83. The Balaban J connectivity index is 2.10. The largest absolute Gasteiger partial charge is 0.507 e. The molecule has 3 rings (SSSR count). The van der Waals surface area contributed by atoms with E-state index in [0.29, 0.717) is 22.7 Å². The van der Waals surface area contributed by atoms with E-state index < -0.39 is 23.4 Å². The molecule has 1 aromatic heterocycles. The number of carbonyl (C=O) groups excluding carboxylic acids is 2. The molecule has 0 aliphatic carbocycles. The van der Waals surface area contributed by atoms with Crippen molar-refractivity contribution < 1.29 is 33.3 Å². The number of aromatic hydroxyl groups is 1. The number of primary amides is 1. The summed E-state index contributed by atoms with van der Waals surface area (Å²) >= 11 is 0. The minimum Gasteiger partial charge on any atom is -0.507 e. The Morgan fingerprint density at radius 2 is 1.74 bits per heavy atom. The van der Waals surface area contributed by atoms with Crippen molar-refractivity contribution in [1.82, 2.24) is 0 Å². The summed E-state index contributed by atoms with van der Waals surface area (Å²) in [5.41, 5.74) is 6.12. The zero-order chi connectivity index (χ0) is 28.1. The highest BCUT2D eigenvalue weighted by atomic mass is 16.5. The van der Waals surface area contributed by atoms with Crippen LogP contribution >= 0.6 is 0 Å². The van der Waals surface area contributed by atoms with E-state index in [-0.39, 0.29) is 40.6 Å². The van der Waals surface area contributed by atoms with Gasteiger partial charge in [-0.25, -0.2) is 4.79 Å².